The minimum absolute atomic E-state index is 0.105. The maximum Gasteiger partial charge on any atom is 0.270 e. The normalized spacial score (nSPS) is 10.9. The van der Waals surface area contributed by atoms with Crippen LogP contribution in [0, 0.1) is 11.3 Å². The fourth-order valence-electron chi connectivity index (χ4n) is 1.72. The molecule has 0 atom stereocenters. The van der Waals surface area contributed by atoms with Crippen LogP contribution in [0.4, 0.5) is 5.13 Å². The highest BCUT2D eigenvalue weighted by Crippen LogP contribution is 2.20. The lowest BCUT2D eigenvalue weighted by atomic mass is 10.1. The first-order valence-electron chi connectivity index (χ1n) is 6.14. The van der Waals surface area contributed by atoms with Crippen molar-refractivity contribution in [3.63, 3.8) is 0 Å². The third-order valence-corrected chi connectivity index (χ3v) is 3.47. The molecular weight excluding hydrogens is 270 g/mol. The van der Waals surface area contributed by atoms with Gasteiger partial charge in [-0.15, -0.1) is 11.3 Å². The topological polar surface area (TPSA) is 57.0 Å². The van der Waals surface area contributed by atoms with Crippen molar-refractivity contribution in [2.75, 3.05) is 11.4 Å². The van der Waals surface area contributed by atoms with Crippen LogP contribution in [0.25, 0.3) is 6.08 Å². The second-order valence-electron chi connectivity index (χ2n) is 3.94. The molecule has 0 radical (unpaired) electrons. The van der Waals surface area contributed by atoms with Crippen molar-refractivity contribution in [1.29, 1.82) is 5.26 Å². The van der Waals surface area contributed by atoms with Gasteiger partial charge in [0.1, 0.15) is 11.6 Å². The van der Waals surface area contributed by atoms with Gasteiger partial charge in [0.05, 0.1) is 0 Å². The number of hydrogen-bond donors (Lipinski definition) is 0. The van der Waals surface area contributed by atoms with E-state index in [1.165, 1.54) is 16.2 Å². The van der Waals surface area contributed by atoms with E-state index in [2.05, 4.69) is 4.98 Å². The number of anilines is 1. The van der Waals surface area contributed by atoms with Gasteiger partial charge < -0.3 is 0 Å². The Morgan fingerprint density at radius 2 is 2.20 bits per heavy atom. The van der Waals surface area contributed by atoms with E-state index in [4.69, 9.17) is 0 Å². The molecule has 0 N–H and O–H groups in total. The predicted molar refractivity (Wildman–Crippen MR) is 80.2 cm³/mol. The number of nitrogens with zero attached hydrogens (tertiary/aromatic N) is 3. The monoisotopic (exact) mass is 283 g/mol. The van der Waals surface area contributed by atoms with E-state index in [1.54, 1.807) is 17.7 Å². The first kappa shape index (κ1) is 14.0. The Morgan fingerprint density at radius 3 is 2.75 bits per heavy atom. The van der Waals surface area contributed by atoms with Crippen LogP contribution in [-0.4, -0.2) is 17.4 Å². The zero-order valence-electron chi connectivity index (χ0n) is 11.0. The average Bonchev–Trinajstić information content (AvgIpc) is 3.00. The maximum absolute atomic E-state index is 12.4. The molecule has 20 heavy (non-hydrogen) atoms. The molecule has 0 aliphatic heterocycles. The standard InChI is InChI=1S/C15H13N3OS/c1-2-18(15-17-8-9-20-15)14(19)13(11-16)10-12-6-4-3-5-7-12/h3-10H,2H2,1H3/b13-10+. The Balaban J connectivity index is 2.30. The van der Waals surface area contributed by atoms with Gasteiger partial charge in [0, 0.05) is 18.1 Å². The minimum Gasteiger partial charge on any atom is -0.284 e. The number of carbonyl (C=O) groups excluding carboxylic acids is 1. The van der Waals surface area contributed by atoms with Crippen molar-refractivity contribution in [2.24, 2.45) is 0 Å². The largest absolute Gasteiger partial charge is 0.284 e. The lowest BCUT2D eigenvalue weighted by molar-refractivity contribution is -0.114. The summed E-state index contributed by atoms with van der Waals surface area (Å²) in [4.78, 5) is 18.0. The zero-order chi connectivity index (χ0) is 14.4. The van der Waals surface area contributed by atoms with E-state index in [0.29, 0.717) is 11.7 Å². The van der Waals surface area contributed by atoms with Crippen LogP contribution in [0.2, 0.25) is 0 Å². The van der Waals surface area contributed by atoms with E-state index in [-0.39, 0.29) is 11.5 Å². The van der Waals surface area contributed by atoms with Gasteiger partial charge in [-0.1, -0.05) is 30.3 Å². The Hall–Kier alpha value is -2.45. The Morgan fingerprint density at radius 1 is 1.45 bits per heavy atom. The Kier molecular flexibility index (Phi) is 4.64. The van der Waals surface area contributed by atoms with Gasteiger partial charge >= 0.3 is 0 Å². The summed E-state index contributed by atoms with van der Waals surface area (Å²) >= 11 is 1.38. The molecule has 5 heteroatoms. The van der Waals surface area contributed by atoms with Crippen molar-refractivity contribution >= 4 is 28.5 Å². The number of thiazole rings is 1. The summed E-state index contributed by atoms with van der Waals surface area (Å²) in [5.41, 5.74) is 0.931. The molecule has 0 aliphatic rings. The van der Waals surface area contributed by atoms with Crippen LogP contribution < -0.4 is 4.90 Å². The molecule has 100 valence electrons. The highest BCUT2D eigenvalue weighted by atomic mass is 32.1. The van der Waals surface area contributed by atoms with Crippen LogP contribution in [0.3, 0.4) is 0 Å². The van der Waals surface area contributed by atoms with Crippen molar-refractivity contribution in [3.8, 4) is 6.07 Å². The van der Waals surface area contributed by atoms with Crippen LogP contribution in [-0.2, 0) is 4.79 Å². The Bertz CT molecular complexity index is 642. The van der Waals surface area contributed by atoms with Crippen molar-refractivity contribution in [2.45, 2.75) is 6.92 Å². The second-order valence-corrected chi connectivity index (χ2v) is 4.82. The Labute approximate surface area is 121 Å². The maximum atomic E-state index is 12.4. The zero-order valence-corrected chi connectivity index (χ0v) is 11.8. The first-order valence-corrected chi connectivity index (χ1v) is 7.02. The SMILES string of the molecule is CCN(C(=O)/C(C#N)=C/c1ccccc1)c1nccs1. The number of likely N-dealkylation sites (N-methyl/N-ethyl adjacent to an activating group) is 1. The molecule has 4 nitrogen and oxygen atoms in total. The number of hydrogen-bond acceptors (Lipinski definition) is 4. The van der Waals surface area contributed by atoms with E-state index in [9.17, 15) is 10.1 Å². The molecule has 1 aromatic heterocycles. The van der Waals surface area contributed by atoms with Gasteiger partial charge in [-0.2, -0.15) is 5.26 Å². The highest BCUT2D eigenvalue weighted by molar-refractivity contribution is 7.13. The third kappa shape index (κ3) is 3.11. The van der Waals surface area contributed by atoms with E-state index < -0.39 is 0 Å². The average molecular weight is 283 g/mol. The summed E-state index contributed by atoms with van der Waals surface area (Å²) in [5, 5.41) is 11.6. The van der Waals surface area contributed by atoms with Crippen LogP contribution in [0.5, 0.6) is 0 Å². The summed E-state index contributed by atoms with van der Waals surface area (Å²) < 4.78 is 0. The van der Waals surface area contributed by atoms with Crippen molar-refractivity contribution in [3.05, 3.63) is 53.0 Å². The van der Waals surface area contributed by atoms with Crippen LogP contribution >= 0.6 is 11.3 Å². The number of amides is 1. The fraction of sp³-hybridized carbons (Fsp3) is 0.133. The van der Waals surface area contributed by atoms with E-state index in [1.807, 2.05) is 43.3 Å². The predicted octanol–water partition coefficient (Wildman–Crippen LogP) is 3.10. The van der Waals surface area contributed by atoms with Crippen molar-refractivity contribution in [1.82, 2.24) is 4.98 Å². The molecule has 1 amide bonds. The molecule has 1 heterocycles. The summed E-state index contributed by atoms with van der Waals surface area (Å²) in [5.74, 6) is -0.325. The minimum atomic E-state index is -0.325. The van der Waals surface area contributed by atoms with E-state index >= 15 is 0 Å². The van der Waals surface area contributed by atoms with E-state index in [0.717, 1.165) is 5.56 Å². The van der Waals surface area contributed by atoms with Gasteiger partial charge in [-0.05, 0) is 18.6 Å². The summed E-state index contributed by atoms with van der Waals surface area (Å²) in [6.45, 7) is 2.33. The lowest BCUT2D eigenvalue weighted by Crippen LogP contribution is -2.31. The van der Waals surface area contributed by atoms with Gasteiger partial charge in [-0.25, -0.2) is 4.98 Å². The lowest BCUT2D eigenvalue weighted by Gasteiger charge is -2.16. The van der Waals surface area contributed by atoms with Crippen LogP contribution in [0.1, 0.15) is 12.5 Å². The first-order chi connectivity index (χ1) is 9.76. The van der Waals surface area contributed by atoms with Crippen molar-refractivity contribution < 1.29 is 4.79 Å². The number of nitriles is 1. The number of rotatable bonds is 4. The molecule has 0 unspecified atom stereocenters. The molecule has 0 fully saturated rings. The molecule has 2 rings (SSSR count). The smallest absolute Gasteiger partial charge is 0.270 e. The van der Waals surface area contributed by atoms with Gasteiger partial charge in [-0.3, -0.25) is 9.69 Å². The number of carbonyl (C=O) groups is 1. The number of aromatic nitrogens is 1. The summed E-state index contributed by atoms with van der Waals surface area (Å²) in [7, 11) is 0. The second kappa shape index (κ2) is 6.64. The van der Waals surface area contributed by atoms with Gasteiger partial charge in [0.25, 0.3) is 5.91 Å². The molecular formula is C15H13N3OS. The molecule has 0 aliphatic carbocycles. The summed E-state index contributed by atoms with van der Waals surface area (Å²) in [6.07, 6.45) is 3.24. The van der Waals surface area contributed by atoms with Gasteiger partial charge in [0.15, 0.2) is 5.13 Å². The van der Waals surface area contributed by atoms with Gasteiger partial charge in [0.2, 0.25) is 0 Å². The quantitative estimate of drug-likeness (QED) is 0.640. The fourth-order valence-corrected chi connectivity index (χ4v) is 2.42. The highest BCUT2D eigenvalue weighted by Gasteiger charge is 2.20. The third-order valence-electron chi connectivity index (χ3n) is 2.67. The molecule has 1 aromatic carbocycles. The molecule has 0 saturated carbocycles. The molecule has 0 bridgehead atoms. The molecule has 2 aromatic rings. The molecule has 0 saturated heterocycles. The number of benzene rings is 1. The molecule has 0 spiro atoms. The van der Waals surface area contributed by atoms with Crippen LogP contribution in [0.15, 0.2) is 47.5 Å². The summed E-state index contributed by atoms with van der Waals surface area (Å²) in [6, 6.07) is 11.3.